The van der Waals surface area contributed by atoms with Gasteiger partial charge in [0.1, 0.15) is 5.60 Å². The number of benzene rings is 1. The largest absolute Gasteiger partial charge is 0.380 e. The summed E-state index contributed by atoms with van der Waals surface area (Å²) in [5, 5.41) is 17.1. The second kappa shape index (κ2) is 9.52. The number of amides is 2. The number of hydrogen-bond acceptors (Lipinski definition) is 4. The van der Waals surface area contributed by atoms with Gasteiger partial charge in [0.15, 0.2) is 0 Å². The first-order valence-electron chi connectivity index (χ1n) is 10.3. The summed E-state index contributed by atoms with van der Waals surface area (Å²) in [4.78, 5) is 25.2. The average molecular weight is 390 g/mol. The van der Waals surface area contributed by atoms with Gasteiger partial charge in [-0.05, 0) is 43.1 Å². The quantitative estimate of drug-likeness (QED) is 0.573. The van der Waals surface area contributed by atoms with E-state index in [1.807, 2.05) is 30.3 Å². The Hall–Kier alpha value is -1.92. The fraction of sp³-hybridized carbons (Fsp3) is 0.636. The van der Waals surface area contributed by atoms with E-state index in [0.717, 1.165) is 18.4 Å². The maximum absolute atomic E-state index is 13.0. The molecule has 0 bridgehead atoms. The third-order valence-electron chi connectivity index (χ3n) is 5.84. The molecule has 1 saturated carbocycles. The van der Waals surface area contributed by atoms with E-state index in [9.17, 15) is 14.7 Å². The summed E-state index contributed by atoms with van der Waals surface area (Å²) in [5.41, 5.74) is 5.18. The summed E-state index contributed by atoms with van der Waals surface area (Å²) in [7, 11) is 0. The molecule has 1 aromatic carbocycles. The van der Waals surface area contributed by atoms with Crippen LogP contribution in [0.25, 0.3) is 0 Å². The van der Waals surface area contributed by atoms with E-state index in [1.165, 1.54) is 0 Å². The molecular weight excluding hydrogens is 354 g/mol. The van der Waals surface area contributed by atoms with Crippen molar-refractivity contribution in [1.82, 2.24) is 10.6 Å². The normalized spacial score (nSPS) is 27.1. The second-order valence-corrected chi connectivity index (χ2v) is 8.63. The van der Waals surface area contributed by atoms with E-state index in [2.05, 4.69) is 31.4 Å². The summed E-state index contributed by atoms with van der Waals surface area (Å²) in [6.07, 6.45) is 2.33. The number of rotatable bonds is 7. The molecule has 1 fully saturated rings. The van der Waals surface area contributed by atoms with E-state index >= 15 is 0 Å². The molecule has 5 N–H and O–H groups in total. The van der Waals surface area contributed by atoms with Gasteiger partial charge >= 0.3 is 0 Å². The molecule has 0 aliphatic heterocycles. The number of nitrogens with one attached hydrogen (secondary N) is 2. The lowest BCUT2D eigenvalue weighted by Crippen LogP contribution is -2.57. The monoisotopic (exact) mass is 389 g/mol. The first kappa shape index (κ1) is 22.4. The minimum Gasteiger partial charge on any atom is -0.380 e. The minimum atomic E-state index is -1.38. The molecule has 0 spiro atoms. The lowest BCUT2D eigenvalue weighted by molar-refractivity contribution is -0.156. The molecule has 28 heavy (non-hydrogen) atoms. The van der Waals surface area contributed by atoms with Gasteiger partial charge in [-0.15, -0.1) is 0 Å². The number of carbonyl (C=O) groups excluding carboxylic acids is 2. The summed E-state index contributed by atoms with van der Waals surface area (Å²) in [5.74, 6) is -0.196. The zero-order valence-electron chi connectivity index (χ0n) is 17.4. The van der Waals surface area contributed by atoms with E-state index in [4.69, 9.17) is 5.73 Å². The zero-order valence-corrected chi connectivity index (χ0v) is 17.4. The zero-order chi connectivity index (χ0) is 20.9. The van der Waals surface area contributed by atoms with Crippen LogP contribution in [-0.4, -0.2) is 35.1 Å². The maximum atomic E-state index is 13.0. The van der Waals surface area contributed by atoms with Gasteiger partial charge in [0, 0.05) is 6.54 Å². The number of hydrogen-bond donors (Lipinski definition) is 4. The molecule has 6 heteroatoms. The molecule has 0 heterocycles. The minimum absolute atomic E-state index is 0.0717. The Bertz CT molecular complexity index is 662. The third-order valence-corrected chi connectivity index (χ3v) is 5.84. The number of nitrogens with two attached hydrogens (primary N) is 1. The Balaban J connectivity index is 2.14. The lowest BCUT2D eigenvalue weighted by Gasteiger charge is -2.43. The van der Waals surface area contributed by atoms with Crippen LogP contribution < -0.4 is 16.4 Å². The van der Waals surface area contributed by atoms with Gasteiger partial charge in [-0.25, -0.2) is 0 Å². The predicted molar refractivity (Wildman–Crippen MR) is 110 cm³/mol. The molecule has 0 unspecified atom stereocenters. The molecule has 0 saturated heterocycles. The molecule has 1 aliphatic rings. The van der Waals surface area contributed by atoms with Gasteiger partial charge in [0.25, 0.3) is 5.91 Å². The van der Waals surface area contributed by atoms with Gasteiger partial charge in [-0.2, -0.15) is 0 Å². The highest BCUT2D eigenvalue weighted by Gasteiger charge is 2.48. The Morgan fingerprint density at radius 2 is 1.86 bits per heavy atom. The topological polar surface area (TPSA) is 104 Å². The maximum Gasteiger partial charge on any atom is 0.252 e. The Morgan fingerprint density at radius 1 is 1.21 bits per heavy atom. The summed E-state index contributed by atoms with van der Waals surface area (Å²) in [6.45, 7) is 7.99. The molecule has 1 aliphatic carbocycles. The van der Waals surface area contributed by atoms with Crippen LogP contribution in [0.2, 0.25) is 0 Å². The van der Waals surface area contributed by atoms with E-state index in [0.29, 0.717) is 12.3 Å². The highest BCUT2D eigenvalue weighted by Crippen LogP contribution is 2.41. The van der Waals surface area contributed by atoms with Gasteiger partial charge in [0.2, 0.25) is 5.91 Å². The summed E-state index contributed by atoms with van der Waals surface area (Å²) in [6, 6.07) is 8.40. The van der Waals surface area contributed by atoms with Crippen molar-refractivity contribution in [3.63, 3.8) is 0 Å². The van der Waals surface area contributed by atoms with Crippen molar-refractivity contribution in [2.45, 2.75) is 64.6 Å². The van der Waals surface area contributed by atoms with Crippen molar-refractivity contribution in [2.24, 2.45) is 23.5 Å². The predicted octanol–water partition coefficient (Wildman–Crippen LogP) is 2.13. The smallest absolute Gasteiger partial charge is 0.252 e. The SMILES string of the molecule is CC(C)[C@@H]1CC[C@@H](C)C[C@@]1(O)C(=O)NC[C@@H](NC(=O)[C@H](C)N)c1ccccc1. The molecule has 2 rings (SSSR count). The van der Waals surface area contributed by atoms with Crippen molar-refractivity contribution in [2.75, 3.05) is 6.54 Å². The number of aliphatic hydroxyl groups is 1. The molecule has 1 aromatic rings. The molecule has 0 radical (unpaired) electrons. The van der Waals surface area contributed by atoms with Gasteiger partial charge < -0.3 is 21.5 Å². The molecule has 156 valence electrons. The van der Waals surface area contributed by atoms with E-state index in [-0.39, 0.29) is 30.2 Å². The summed E-state index contributed by atoms with van der Waals surface area (Å²) < 4.78 is 0. The van der Waals surface area contributed by atoms with Crippen LogP contribution in [0.1, 0.15) is 58.6 Å². The third kappa shape index (κ3) is 5.32. The molecule has 6 nitrogen and oxygen atoms in total. The van der Waals surface area contributed by atoms with Crippen molar-refractivity contribution in [1.29, 1.82) is 0 Å². The summed E-state index contributed by atoms with van der Waals surface area (Å²) >= 11 is 0. The van der Waals surface area contributed by atoms with E-state index < -0.39 is 17.7 Å². The number of carbonyl (C=O) groups is 2. The van der Waals surface area contributed by atoms with Crippen molar-refractivity contribution in [3.05, 3.63) is 35.9 Å². The molecule has 5 atom stereocenters. The van der Waals surface area contributed by atoms with Crippen LogP contribution in [0.15, 0.2) is 30.3 Å². The first-order chi connectivity index (χ1) is 13.1. The van der Waals surface area contributed by atoms with Crippen molar-refractivity contribution in [3.8, 4) is 0 Å². The fourth-order valence-electron chi connectivity index (χ4n) is 4.22. The Morgan fingerprint density at radius 3 is 2.43 bits per heavy atom. The highest BCUT2D eigenvalue weighted by molar-refractivity contribution is 5.86. The Kier molecular flexibility index (Phi) is 7.61. The Labute approximate surface area is 168 Å². The first-order valence-corrected chi connectivity index (χ1v) is 10.3. The standard InChI is InChI=1S/C22H35N3O3/c1-14(2)18-11-10-15(3)12-22(18,28)21(27)24-13-19(25-20(26)16(4)23)17-8-6-5-7-9-17/h5-9,14-16,18-19,28H,10-13,23H2,1-4H3,(H,24,27)(H,25,26)/t15-,16+,18+,19-,22+/m1/s1. The second-order valence-electron chi connectivity index (χ2n) is 8.63. The van der Waals surface area contributed by atoms with Crippen molar-refractivity contribution >= 4 is 11.8 Å². The fourth-order valence-corrected chi connectivity index (χ4v) is 4.22. The van der Waals surface area contributed by atoms with Crippen molar-refractivity contribution < 1.29 is 14.7 Å². The van der Waals surface area contributed by atoms with Gasteiger partial charge in [-0.3, -0.25) is 9.59 Å². The van der Waals surface area contributed by atoms with Crippen LogP contribution in [0, 0.1) is 17.8 Å². The van der Waals surface area contributed by atoms with Gasteiger partial charge in [0.05, 0.1) is 12.1 Å². The van der Waals surface area contributed by atoms with Crippen LogP contribution in [-0.2, 0) is 9.59 Å². The molecular formula is C22H35N3O3. The molecule has 2 amide bonds. The highest BCUT2D eigenvalue weighted by atomic mass is 16.3. The van der Waals surface area contributed by atoms with Crippen LogP contribution >= 0.6 is 0 Å². The van der Waals surface area contributed by atoms with E-state index in [1.54, 1.807) is 6.92 Å². The molecule has 0 aromatic heterocycles. The van der Waals surface area contributed by atoms with Crippen LogP contribution in [0.5, 0.6) is 0 Å². The van der Waals surface area contributed by atoms with Crippen LogP contribution in [0.4, 0.5) is 0 Å². The van der Waals surface area contributed by atoms with Crippen LogP contribution in [0.3, 0.4) is 0 Å². The lowest BCUT2D eigenvalue weighted by atomic mass is 9.66. The van der Waals surface area contributed by atoms with Gasteiger partial charge in [-0.1, -0.05) is 57.5 Å². The average Bonchev–Trinajstić information content (AvgIpc) is 2.64.